The van der Waals surface area contributed by atoms with E-state index < -0.39 is 0 Å². The molecule has 5 nitrogen and oxygen atoms in total. The average Bonchev–Trinajstić information content (AvgIpc) is 2.39. The van der Waals surface area contributed by atoms with Gasteiger partial charge in [0.15, 0.2) is 0 Å². The number of aromatic nitrogens is 2. The fraction of sp³-hybridized carbons (Fsp3) is 0.692. The van der Waals surface area contributed by atoms with Gasteiger partial charge < -0.3 is 10.2 Å². The van der Waals surface area contributed by atoms with Gasteiger partial charge in [-0.1, -0.05) is 13.8 Å². The second-order valence-corrected chi connectivity index (χ2v) is 5.19. The molecule has 0 aromatic carbocycles. The van der Waals surface area contributed by atoms with Crippen molar-refractivity contribution < 1.29 is 0 Å². The highest BCUT2D eigenvalue weighted by atomic mass is 15.3. The Kier molecular flexibility index (Phi) is 4.36. The topological polar surface area (TPSA) is 44.3 Å². The maximum Gasteiger partial charge on any atom is 0.149 e. The summed E-state index contributed by atoms with van der Waals surface area (Å²) < 4.78 is 0. The van der Waals surface area contributed by atoms with Gasteiger partial charge in [-0.05, 0) is 5.92 Å². The maximum absolute atomic E-state index is 4.53. The molecule has 100 valence electrons. The summed E-state index contributed by atoms with van der Waals surface area (Å²) in [6.45, 7) is 10.0. The number of nitrogens with one attached hydrogen (secondary N) is 1. The highest BCUT2D eigenvalue weighted by molar-refractivity contribution is 5.43. The molecular formula is C13H23N5. The molecule has 1 aromatic rings. The van der Waals surface area contributed by atoms with E-state index in [1.807, 2.05) is 13.2 Å². The summed E-state index contributed by atoms with van der Waals surface area (Å²) in [5.74, 6) is 2.55. The molecule has 0 radical (unpaired) electrons. The third-order valence-corrected chi connectivity index (χ3v) is 3.20. The van der Waals surface area contributed by atoms with Gasteiger partial charge in [-0.3, -0.25) is 9.88 Å². The molecule has 0 amide bonds. The molecule has 0 atom stereocenters. The van der Waals surface area contributed by atoms with E-state index in [9.17, 15) is 0 Å². The van der Waals surface area contributed by atoms with Gasteiger partial charge in [-0.2, -0.15) is 0 Å². The van der Waals surface area contributed by atoms with E-state index in [1.54, 1.807) is 6.20 Å². The Bertz CT molecular complexity index is 371. The van der Waals surface area contributed by atoms with Crippen molar-refractivity contribution in [1.29, 1.82) is 0 Å². The normalized spacial score (nSPS) is 17.2. The van der Waals surface area contributed by atoms with Crippen LogP contribution in [0.15, 0.2) is 12.4 Å². The van der Waals surface area contributed by atoms with Gasteiger partial charge in [-0.15, -0.1) is 0 Å². The highest BCUT2D eigenvalue weighted by Crippen LogP contribution is 2.15. The van der Waals surface area contributed by atoms with Gasteiger partial charge in [0.25, 0.3) is 0 Å². The minimum absolute atomic E-state index is 0.740. The molecule has 1 aliphatic rings. The number of rotatable bonds is 4. The van der Waals surface area contributed by atoms with Crippen LogP contribution in [0.25, 0.3) is 0 Å². The summed E-state index contributed by atoms with van der Waals surface area (Å²) in [7, 11) is 1.87. The van der Waals surface area contributed by atoms with Crippen molar-refractivity contribution in [2.24, 2.45) is 5.92 Å². The molecule has 0 bridgehead atoms. The predicted molar refractivity (Wildman–Crippen MR) is 75.1 cm³/mol. The van der Waals surface area contributed by atoms with E-state index in [1.165, 1.54) is 6.54 Å². The molecular weight excluding hydrogens is 226 g/mol. The first-order valence-corrected chi connectivity index (χ1v) is 6.66. The second kappa shape index (κ2) is 6.00. The fourth-order valence-electron chi connectivity index (χ4n) is 2.30. The van der Waals surface area contributed by atoms with Gasteiger partial charge in [0, 0.05) is 39.8 Å². The molecule has 18 heavy (non-hydrogen) atoms. The highest BCUT2D eigenvalue weighted by Gasteiger charge is 2.18. The van der Waals surface area contributed by atoms with Crippen LogP contribution in [0.1, 0.15) is 13.8 Å². The van der Waals surface area contributed by atoms with Gasteiger partial charge in [0.2, 0.25) is 0 Å². The van der Waals surface area contributed by atoms with Gasteiger partial charge in [-0.25, -0.2) is 4.98 Å². The zero-order chi connectivity index (χ0) is 13.0. The quantitative estimate of drug-likeness (QED) is 0.871. The lowest BCUT2D eigenvalue weighted by atomic mass is 10.2. The smallest absolute Gasteiger partial charge is 0.149 e. The molecule has 2 heterocycles. The van der Waals surface area contributed by atoms with Crippen LogP contribution in [0.2, 0.25) is 0 Å². The Balaban J connectivity index is 1.92. The Morgan fingerprint density at radius 3 is 2.56 bits per heavy atom. The molecule has 5 heteroatoms. The molecule has 0 unspecified atom stereocenters. The van der Waals surface area contributed by atoms with E-state index >= 15 is 0 Å². The van der Waals surface area contributed by atoms with Crippen molar-refractivity contribution in [2.45, 2.75) is 13.8 Å². The van der Waals surface area contributed by atoms with Crippen LogP contribution < -0.4 is 10.2 Å². The number of hydrogen-bond donors (Lipinski definition) is 1. The summed E-state index contributed by atoms with van der Waals surface area (Å²) in [6, 6.07) is 0. The third-order valence-electron chi connectivity index (χ3n) is 3.20. The van der Waals surface area contributed by atoms with Crippen LogP contribution >= 0.6 is 0 Å². The van der Waals surface area contributed by atoms with Crippen LogP contribution in [0.4, 0.5) is 11.6 Å². The first-order valence-electron chi connectivity index (χ1n) is 6.66. The van der Waals surface area contributed by atoms with Gasteiger partial charge >= 0.3 is 0 Å². The minimum atomic E-state index is 0.740. The van der Waals surface area contributed by atoms with Crippen LogP contribution in [-0.4, -0.2) is 54.6 Å². The lowest BCUT2D eigenvalue weighted by Crippen LogP contribution is -2.47. The molecule has 1 aliphatic heterocycles. The zero-order valence-electron chi connectivity index (χ0n) is 11.6. The van der Waals surface area contributed by atoms with E-state index in [0.717, 1.165) is 43.7 Å². The summed E-state index contributed by atoms with van der Waals surface area (Å²) in [4.78, 5) is 13.6. The molecule has 0 saturated carbocycles. The summed E-state index contributed by atoms with van der Waals surface area (Å²) >= 11 is 0. The van der Waals surface area contributed by atoms with E-state index in [-0.39, 0.29) is 0 Å². The number of anilines is 2. The van der Waals surface area contributed by atoms with Crippen LogP contribution in [0.3, 0.4) is 0 Å². The van der Waals surface area contributed by atoms with Crippen LogP contribution in [-0.2, 0) is 0 Å². The minimum Gasteiger partial charge on any atom is -0.372 e. The Morgan fingerprint density at radius 1 is 1.22 bits per heavy atom. The molecule has 1 N–H and O–H groups in total. The largest absolute Gasteiger partial charge is 0.372 e. The van der Waals surface area contributed by atoms with E-state index in [4.69, 9.17) is 0 Å². The van der Waals surface area contributed by atoms with Gasteiger partial charge in [0.05, 0.1) is 12.4 Å². The van der Waals surface area contributed by atoms with Crippen molar-refractivity contribution in [3.63, 3.8) is 0 Å². The van der Waals surface area contributed by atoms with Crippen molar-refractivity contribution in [1.82, 2.24) is 14.9 Å². The number of hydrogen-bond acceptors (Lipinski definition) is 5. The van der Waals surface area contributed by atoms with Crippen molar-refractivity contribution in [3.8, 4) is 0 Å². The standard InChI is InChI=1S/C13H23N5/c1-11(2)10-17-4-6-18(7-5-17)13-9-15-8-12(14-3)16-13/h8-9,11H,4-7,10H2,1-3H3,(H,14,16). The van der Waals surface area contributed by atoms with Crippen molar-refractivity contribution in [3.05, 3.63) is 12.4 Å². The van der Waals surface area contributed by atoms with Crippen LogP contribution in [0.5, 0.6) is 0 Å². The zero-order valence-corrected chi connectivity index (χ0v) is 11.6. The predicted octanol–water partition coefficient (Wildman–Crippen LogP) is 1.30. The molecule has 1 fully saturated rings. The number of piperazine rings is 1. The van der Waals surface area contributed by atoms with E-state index in [2.05, 4.69) is 38.9 Å². The Labute approximate surface area is 109 Å². The summed E-state index contributed by atoms with van der Waals surface area (Å²) in [5.41, 5.74) is 0. The average molecular weight is 249 g/mol. The Morgan fingerprint density at radius 2 is 1.94 bits per heavy atom. The lowest BCUT2D eigenvalue weighted by Gasteiger charge is -2.36. The lowest BCUT2D eigenvalue weighted by molar-refractivity contribution is 0.231. The molecule has 0 spiro atoms. The van der Waals surface area contributed by atoms with Gasteiger partial charge in [0.1, 0.15) is 11.6 Å². The summed E-state index contributed by atoms with van der Waals surface area (Å²) in [6.07, 6.45) is 3.59. The monoisotopic (exact) mass is 249 g/mol. The first kappa shape index (κ1) is 13.1. The SMILES string of the molecule is CNc1cncc(N2CCN(CC(C)C)CC2)n1. The van der Waals surface area contributed by atoms with Crippen molar-refractivity contribution in [2.75, 3.05) is 50.0 Å². The second-order valence-electron chi connectivity index (χ2n) is 5.19. The van der Waals surface area contributed by atoms with Crippen LogP contribution in [0, 0.1) is 5.92 Å². The molecule has 1 aromatic heterocycles. The summed E-state index contributed by atoms with van der Waals surface area (Å²) in [5, 5.41) is 3.03. The molecule has 0 aliphatic carbocycles. The maximum atomic E-state index is 4.53. The molecule has 1 saturated heterocycles. The third kappa shape index (κ3) is 3.32. The van der Waals surface area contributed by atoms with Crippen molar-refractivity contribution >= 4 is 11.6 Å². The fourth-order valence-corrected chi connectivity index (χ4v) is 2.30. The number of nitrogens with zero attached hydrogens (tertiary/aromatic N) is 4. The van der Waals surface area contributed by atoms with E-state index in [0.29, 0.717) is 0 Å². The molecule has 2 rings (SSSR count). The Hall–Kier alpha value is -1.36. The first-order chi connectivity index (χ1) is 8.69.